The van der Waals surface area contributed by atoms with Crippen molar-refractivity contribution in [2.24, 2.45) is 0 Å². The number of rotatable bonds is 6. The van der Waals surface area contributed by atoms with E-state index in [1.165, 1.54) is 16.2 Å². The molecule has 2 N–H and O–H groups in total. The summed E-state index contributed by atoms with van der Waals surface area (Å²) in [5, 5.41) is 5.03. The predicted molar refractivity (Wildman–Crippen MR) is 80.7 cm³/mol. The molecule has 20 heavy (non-hydrogen) atoms. The molecule has 1 aromatic heterocycles. The van der Waals surface area contributed by atoms with Crippen molar-refractivity contribution in [1.82, 2.24) is 15.5 Å². The third-order valence-electron chi connectivity index (χ3n) is 2.33. The molecule has 1 aromatic rings. The van der Waals surface area contributed by atoms with E-state index < -0.39 is 0 Å². The molecular formula is C12H16BrN3O3S. The third-order valence-corrected chi connectivity index (χ3v) is 3.94. The zero-order valence-electron chi connectivity index (χ0n) is 11.2. The second kappa shape index (κ2) is 8.01. The molecule has 0 bridgehead atoms. The van der Waals surface area contributed by atoms with Crippen LogP contribution in [0.1, 0.15) is 16.6 Å². The zero-order valence-corrected chi connectivity index (χ0v) is 13.6. The molecule has 0 fully saturated rings. The molecule has 110 valence electrons. The van der Waals surface area contributed by atoms with Gasteiger partial charge in [-0.15, -0.1) is 11.3 Å². The van der Waals surface area contributed by atoms with Crippen molar-refractivity contribution in [3.63, 3.8) is 0 Å². The number of nitrogens with one attached hydrogen (secondary N) is 2. The van der Waals surface area contributed by atoms with Gasteiger partial charge >= 0.3 is 0 Å². The van der Waals surface area contributed by atoms with Crippen LogP contribution in [-0.2, 0) is 9.59 Å². The van der Waals surface area contributed by atoms with E-state index in [4.69, 9.17) is 0 Å². The molecule has 6 nitrogen and oxygen atoms in total. The van der Waals surface area contributed by atoms with Gasteiger partial charge < -0.3 is 15.5 Å². The molecule has 3 amide bonds. The van der Waals surface area contributed by atoms with E-state index >= 15 is 0 Å². The van der Waals surface area contributed by atoms with Crippen molar-refractivity contribution in [3.05, 3.63) is 20.8 Å². The number of thiophene rings is 1. The van der Waals surface area contributed by atoms with Gasteiger partial charge in [0.2, 0.25) is 11.8 Å². The second-order valence-corrected chi connectivity index (χ2v) is 6.46. The number of hydrogen-bond acceptors (Lipinski definition) is 4. The minimum absolute atomic E-state index is 0.0841. The summed E-state index contributed by atoms with van der Waals surface area (Å²) in [6.07, 6.45) is 0. The number of likely N-dealkylation sites (N-methyl/N-ethyl adjacent to an activating group) is 2. The smallest absolute Gasteiger partial charge is 0.264 e. The van der Waals surface area contributed by atoms with Crippen LogP contribution in [0.15, 0.2) is 15.9 Å². The normalized spacial score (nSPS) is 9.95. The van der Waals surface area contributed by atoms with Gasteiger partial charge in [0.25, 0.3) is 5.91 Å². The van der Waals surface area contributed by atoms with E-state index in [0.29, 0.717) is 11.4 Å². The molecule has 0 aliphatic heterocycles. The Morgan fingerprint density at radius 2 is 1.95 bits per heavy atom. The average Bonchev–Trinajstić information content (AvgIpc) is 2.82. The Morgan fingerprint density at radius 3 is 2.50 bits per heavy atom. The summed E-state index contributed by atoms with van der Waals surface area (Å²) >= 11 is 4.59. The minimum Gasteiger partial charge on any atom is -0.355 e. The van der Waals surface area contributed by atoms with E-state index in [1.54, 1.807) is 26.1 Å². The molecule has 0 aromatic carbocycles. The van der Waals surface area contributed by atoms with E-state index in [9.17, 15) is 14.4 Å². The summed E-state index contributed by atoms with van der Waals surface area (Å²) in [4.78, 5) is 36.6. The molecule has 0 atom stereocenters. The summed E-state index contributed by atoms with van der Waals surface area (Å²) in [5.74, 6) is -0.853. The van der Waals surface area contributed by atoms with Gasteiger partial charge in [0.1, 0.15) is 0 Å². The van der Waals surface area contributed by atoms with Crippen molar-refractivity contribution in [2.75, 3.05) is 26.7 Å². The van der Waals surface area contributed by atoms with Crippen molar-refractivity contribution >= 4 is 45.0 Å². The van der Waals surface area contributed by atoms with Crippen LogP contribution in [0.4, 0.5) is 0 Å². The van der Waals surface area contributed by atoms with Gasteiger partial charge in [0.05, 0.1) is 21.8 Å². The number of halogens is 1. The maximum absolute atomic E-state index is 12.0. The zero-order chi connectivity index (χ0) is 15.1. The van der Waals surface area contributed by atoms with Crippen LogP contribution < -0.4 is 10.6 Å². The Balaban J connectivity index is 2.41. The Hall–Kier alpha value is -1.41. The molecule has 8 heteroatoms. The van der Waals surface area contributed by atoms with Crippen LogP contribution in [0.5, 0.6) is 0 Å². The second-order valence-electron chi connectivity index (χ2n) is 4.00. The quantitative estimate of drug-likeness (QED) is 0.787. The van der Waals surface area contributed by atoms with Crippen LogP contribution in [0, 0.1) is 0 Å². The Morgan fingerprint density at radius 1 is 1.25 bits per heavy atom. The molecule has 0 unspecified atom stereocenters. The molecule has 0 saturated carbocycles. The first-order valence-corrected chi connectivity index (χ1v) is 7.59. The Kier molecular flexibility index (Phi) is 6.66. The number of carbonyl (C=O) groups excluding carboxylic acids is 3. The summed E-state index contributed by atoms with van der Waals surface area (Å²) < 4.78 is 0.856. The average molecular weight is 362 g/mol. The lowest BCUT2D eigenvalue weighted by molar-refractivity contribution is -0.126. The third kappa shape index (κ3) is 5.30. The monoisotopic (exact) mass is 361 g/mol. The number of amides is 3. The standard InChI is InChI=1S/C12H16BrN3O3S/c1-3-14-10(17)6-15-11(18)7-16(2)12(19)8-4-5-9(13)20-8/h4-5H,3,6-7H2,1-2H3,(H,14,17)(H,15,18). The Labute approximate surface area is 129 Å². The summed E-state index contributed by atoms with van der Waals surface area (Å²) in [5.41, 5.74) is 0. The van der Waals surface area contributed by atoms with Crippen molar-refractivity contribution in [3.8, 4) is 0 Å². The first kappa shape index (κ1) is 16.6. The van der Waals surface area contributed by atoms with Crippen molar-refractivity contribution < 1.29 is 14.4 Å². The molecule has 1 rings (SSSR count). The highest BCUT2D eigenvalue weighted by Gasteiger charge is 2.16. The van der Waals surface area contributed by atoms with Crippen LogP contribution >= 0.6 is 27.3 Å². The highest BCUT2D eigenvalue weighted by atomic mass is 79.9. The lowest BCUT2D eigenvalue weighted by atomic mass is 10.4. The van der Waals surface area contributed by atoms with Crippen molar-refractivity contribution in [2.45, 2.75) is 6.92 Å². The first-order chi connectivity index (χ1) is 9.43. The fourth-order valence-electron chi connectivity index (χ4n) is 1.40. The molecule has 0 radical (unpaired) electrons. The van der Waals surface area contributed by atoms with E-state index in [-0.39, 0.29) is 30.8 Å². The number of carbonyl (C=O) groups is 3. The first-order valence-electron chi connectivity index (χ1n) is 5.98. The fourth-order valence-corrected chi connectivity index (χ4v) is 2.78. The molecule has 0 aliphatic carbocycles. The van der Waals surface area contributed by atoms with Gasteiger partial charge in [-0.05, 0) is 35.0 Å². The van der Waals surface area contributed by atoms with E-state index in [0.717, 1.165) is 3.79 Å². The summed E-state index contributed by atoms with van der Waals surface area (Å²) in [6, 6.07) is 3.47. The summed E-state index contributed by atoms with van der Waals surface area (Å²) in [6.45, 7) is 2.14. The van der Waals surface area contributed by atoms with Gasteiger partial charge in [0.15, 0.2) is 0 Å². The molecule has 0 saturated heterocycles. The van der Waals surface area contributed by atoms with Gasteiger partial charge in [-0.25, -0.2) is 0 Å². The van der Waals surface area contributed by atoms with Gasteiger partial charge in [-0.1, -0.05) is 0 Å². The maximum atomic E-state index is 12.0. The van der Waals surface area contributed by atoms with Gasteiger partial charge in [-0.2, -0.15) is 0 Å². The molecular weight excluding hydrogens is 346 g/mol. The van der Waals surface area contributed by atoms with E-state index in [1.807, 2.05) is 0 Å². The number of hydrogen-bond donors (Lipinski definition) is 2. The Bertz CT molecular complexity index is 504. The van der Waals surface area contributed by atoms with Crippen LogP contribution in [0.25, 0.3) is 0 Å². The molecule has 0 spiro atoms. The minimum atomic E-state index is -0.372. The van der Waals surface area contributed by atoms with Gasteiger partial charge in [0, 0.05) is 13.6 Å². The predicted octanol–water partition coefficient (Wildman–Crippen LogP) is 0.835. The fraction of sp³-hybridized carbons (Fsp3) is 0.417. The van der Waals surface area contributed by atoms with Crippen LogP contribution in [0.2, 0.25) is 0 Å². The SMILES string of the molecule is CCNC(=O)CNC(=O)CN(C)C(=O)c1ccc(Br)s1. The maximum Gasteiger partial charge on any atom is 0.264 e. The largest absolute Gasteiger partial charge is 0.355 e. The molecule has 0 aliphatic rings. The van der Waals surface area contributed by atoms with Crippen molar-refractivity contribution in [1.29, 1.82) is 0 Å². The number of nitrogens with zero attached hydrogens (tertiary/aromatic N) is 1. The topological polar surface area (TPSA) is 78.5 Å². The highest BCUT2D eigenvalue weighted by molar-refractivity contribution is 9.11. The van der Waals surface area contributed by atoms with Crippen LogP contribution in [0.3, 0.4) is 0 Å². The summed E-state index contributed by atoms with van der Waals surface area (Å²) in [7, 11) is 1.54. The molecule has 1 heterocycles. The van der Waals surface area contributed by atoms with Gasteiger partial charge in [-0.3, -0.25) is 14.4 Å². The lowest BCUT2D eigenvalue weighted by Gasteiger charge is -2.15. The lowest BCUT2D eigenvalue weighted by Crippen LogP contribution is -2.42. The van der Waals surface area contributed by atoms with Crippen LogP contribution in [-0.4, -0.2) is 49.3 Å². The highest BCUT2D eigenvalue weighted by Crippen LogP contribution is 2.22. The van der Waals surface area contributed by atoms with E-state index in [2.05, 4.69) is 26.6 Å².